The number of phenols is 2. The Balaban J connectivity index is 1.89. The number of phenolic OH excluding ortho intramolecular Hbond substituents is 2. The summed E-state index contributed by atoms with van der Waals surface area (Å²) < 4.78 is 4.77. The number of carbonyl (C=O) groups excluding carboxylic acids is 1. The average molecular weight is 431 g/mol. The van der Waals surface area contributed by atoms with E-state index >= 15 is 0 Å². The van der Waals surface area contributed by atoms with Gasteiger partial charge in [0.15, 0.2) is 0 Å². The molecular weight excluding hydrogens is 411 g/mol. The van der Waals surface area contributed by atoms with Crippen LogP contribution in [0.2, 0.25) is 10.0 Å². The first-order valence-corrected chi connectivity index (χ1v) is 9.79. The fourth-order valence-corrected chi connectivity index (χ4v) is 3.67. The highest BCUT2D eigenvalue weighted by atomic mass is 35.5. The molecule has 0 saturated carbocycles. The van der Waals surface area contributed by atoms with Crippen molar-refractivity contribution in [2.24, 2.45) is 0 Å². The molecule has 2 N–H and O–H groups in total. The fourth-order valence-electron chi connectivity index (χ4n) is 3.30. The van der Waals surface area contributed by atoms with Gasteiger partial charge in [-0.2, -0.15) is 0 Å². The van der Waals surface area contributed by atoms with Crippen LogP contribution in [0.15, 0.2) is 54.6 Å². The number of esters is 1. The molecule has 150 valence electrons. The van der Waals surface area contributed by atoms with Crippen molar-refractivity contribution < 1.29 is 19.7 Å². The maximum absolute atomic E-state index is 12.1. The number of ether oxygens (including phenoxy) is 1. The SMILES string of the molecule is COC(=O)c1c(O)cc(O)c(Cl)c1CCc1ccccc1Cc1ccc(Cl)cc1. The number of hydrogen-bond donors (Lipinski definition) is 2. The molecule has 0 fully saturated rings. The maximum atomic E-state index is 12.1. The van der Waals surface area contributed by atoms with Crippen LogP contribution in [0.5, 0.6) is 11.5 Å². The van der Waals surface area contributed by atoms with Gasteiger partial charge < -0.3 is 14.9 Å². The zero-order chi connectivity index (χ0) is 21.0. The lowest BCUT2D eigenvalue weighted by Crippen LogP contribution is -2.09. The van der Waals surface area contributed by atoms with Crippen LogP contribution in [0.1, 0.15) is 32.6 Å². The first kappa shape index (κ1) is 21.0. The molecule has 0 unspecified atom stereocenters. The molecule has 0 aliphatic heterocycles. The van der Waals surface area contributed by atoms with Crippen molar-refractivity contribution in [2.45, 2.75) is 19.3 Å². The highest BCUT2D eigenvalue weighted by Gasteiger charge is 2.23. The van der Waals surface area contributed by atoms with Crippen LogP contribution in [0.3, 0.4) is 0 Å². The van der Waals surface area contributed by atoms with Crippen molar-refractivity contribution in [3.63, 3.8) is 0 Å². The van der Waals surface area contributed by atoms with Crippen LogP contribution in [-0.4, -0.2) is 23.3 Å². The van der Waals surface area contributed by atoms with Crippen molar-refractivity contribution in [1.82, 2.24) is 0 Å². The van der Waals surface area contributed by atoms with Gasteiger partial charge in [0, 0.05) is 11.1 Å². The van der Waals surface area contributed by atoms with Crippen molar-refractivity contribution in [3.05, 3.63) is 92.5 Å². The van der Waals surface area contributed by atoms with Gasteiger partial charge in [-0.1, -0.05) is 59.6 Å². The normalized spacial score (nSPS) is 10.7. The summed E-state index contributed by atoms with van der Waals surface area (Å²) in [6, 6.07) is 16.7. The molecule has 0 spiro atoms. The van der Waals surface area contributed by atoms with Gasteiger partial charge in [-0.3, -0.25) is 0 Å². The molecule has 0 radical (unpaired) electrons. The lowest BCUT2D eigenvalue weighted by Gasteiger charge is -2.15. The summed E-state index contributed by atoms with van der Waals surface area (Å²) in [5.41, 5.74) is 3.68. The van der Waals surface area contributed by atoms with E-state index in [0.29, 0.717) is 23.4 Å². The Bertz CT molecular complexity index is 1030. The molecule has 0 amide bonds. The molecule has 0 aliphatic rings. The van der Waals surface area contributed by atoms with Gasteiger partial charge >= 0.3 is 5.97 Å². The first-order valence-electron chi connectivity index (χ1n) is 9.03. The predicted molar refractivity (Wildman–Crippen MR) is 114 cm³/mol. The summed E-state index contributed by atoms with van der Waals surface area (Å²) in [6.07, 6.45) is 1.65. The molecular formula is C23H20Cl2O4. The van der Waals surface area contributed by atoms with Crippen molar-refractivity contribution >= 4 is 29.2 Å². The Hall–Kier alpha value is -2.69. The van der Waals surface area contributed by atoms with E-state index in [2.05, 4.69) is 0 Å². The fraction of sp³-hybridized carbons (Fsp3) is 0.174. The molecule has 0 aliphatic carbocycles. The average Bonchev–Trinajstić information content (AvgIpc) is 2.71. The molecule has 4 nitrogen and oxygen atoms in total. The Kier molecular flexibility index (Phi) is 6.68. The smallest absolute Gasteiger partial charge is 0.341 e. The van der Waals surface area contributed by atoms with E-state index in [9.17, 15) is 15.0 Å². The topological polar surface area (TPSA) is 66.8 Å². The number of rotatable bonds is 6. The Labute approximate surface area is 179 Å². The van der Waals surface area contributed by atoms with Crippen LogP contribution in [-0.2, 0) is 24.0 Å². The van der Waals surface area contributed by atoms with Crippen LogP contribution in [0.4, 0.5) is 0 Å². The molecule has 3 rings (SSSR count). The third-order valence-corrected chi connectivity index (χ3v) is 5.45. The van der Waals surface area contributed by atoms with Gasteiger partial charge in [-0.05, 0) is 53.6 Å². The standard InChI is InChI=1S/C23H20Cl2O4/c1-29-23(28)21-18(22(25)20(27)13-19(21)26)11-8-15-4-2-3-5-16(15)12-14-6-9-17(24)10-7-14/h2-7,9-10,13,26-27H,8,11-12H2,1H3. The van der Waals surface area contributed by atoms with E-state index in [1.165, 1.54) is 7.11 Å². The first-order chi connectivity index (χ1) is 13.9. The third kappa shape index (κ3) is 4.84. The lowest BCUT2D eigenvalue weighted by molar-refractivity contribution is 0.0596. The predicted octanol–water partition coefficient (Wildman–Crippen LogP) is 5.57. The number of methoxy groups -OCH3 is 1. The second-order valence-corrected chi connectivity index (χ2v) is 7.46. The van der Waals surface area contributed by atoms with E-state index in [1.54, 1.807) is 0 Å². The second-order valence-electron chi connectivity index (χ2n) is 6.65. The van der Waals surface area contributed by atoms with Gasteiger partial charge in [0.1, 0.15) is 17.1 Å². The number of hydrogen-bond acceptors (Lipinski definition) is 4. The minimum atomic E-state index is -0.700. The van der Waals surface area contributed by atoms with Crippen molar-refractivity contribution in [2.75, 3.05) is 7.11 Å². The molecule has 0 heterocycles. The van der Waals surface area contributed by atoms with Gasteiger partial charge in [0.25, 0.3) is 0 Å². The summed E-state index contributed by atoms with van der Waals surface area (Å²) in [6.45, 7) is 0. The molecule has 0 bridgehead atoms. The van der Waals surface area contributed by atoms with Crippen molar-refractivity contribution in [1.29, 1.82) is 0 Å². The van der Waals surface area contributed by atoms with E-state index in [4.69, 9.17) is 27.9 Å². The molecule has 6 heteroatoms. The Morgan fingerprint density at radius 3 is 2.24 bits per heavy atom. The number of benzene rings is 3. The quantitative estimate of drug-likeness (QED) is 0.501. The van der Waals surface area contributed by atoms with Gasteiger partial charge in [-0.25, -0.2) is 4.79 Å². The third-order valence-electron chi connectivity index (χ3n) is 4.78. The minimum absolute atomic E-state index is 0.0227. The number of halogens is 2. The number of aromatic hydroxyl groups is 2. The summed E-state index contributed by atoms with van der Waals surface area (Å²) >= 11 is 12.2. The van der Waals surface area contributed by atoms with Crippen molar-refractivity contribution in [3.8, 4) is 11.5 Å². The summed E-state index contributed by atoms with van der Waals surface area (Å²) in [7, 11) is 1.23. The van der Waals surface area contributed by atoms with Crippen LogP contribution in [0, 0.1) is 0 Å². The molecule has 29 heavy (non-hydrogen) atoms. The molecule has 3 aromatic carbocycles. The largest absolute Gasteiger partial charge is 0.507 e. The highest BCUT2D eigenvalue weighted by Crippen LogP contribution is 2.37. The van der Waals surface area contributed by atoms with Gasteiger partial charge in [0.05, 0.1) is 12.1 Å². The summed E-state index contributed by atoms with van der Waals surface area (Å²) in [5.74, 6) is -1.33. The molecule has 0 saturated heterocycles. The van der Waals surface area contributed by atoms with Crippen LogP contribution in [0.25, 0.3) is 0 Å². The van der Waals surface area contributed by atoms with E-state index in [1.807, 2.05) is 48.5 Å². The summed E-state index contributed by atoms with van der Waals surface area (Å²) in [4.78, 5) is 12.1. The van der Waals surface area contributed by atoms with E-state index < -0.39 is 5.97 Å². The molecule has 0 aromatic heterocycles. The minimum Gasteiger partial charge on any atom is -0.507 e. The zero-order valence-electron chi connectivity index (χ0n) is 15.8. The lowest BCUT2D eigenvalue weighted by atomic mass is 9.93. The van der Waals surface area contributed by atoms with Crippen LogP contribution >= 0.6 is 23.2 Å². The Morgan fingerprint density at radius 1 is 0.931 bits per heavy atom. The highest BCUT2D eigenvalue weighted by molar-refractivity contribution is 6.33. The second kappa shape index (κ2) is 9.21. The Morgan fingerprint density at radius 2 is 1.59 bits per heavy atom. The monoisotopic (exact) mass is 430 g/mol. The number of carbonyl (C=O) groups is 1. The molecule has 0 atom stereocenters. The summed E-state index contributed by atoms with van der Waals surface area (Å²) in [5, 5.41) is 20.8. The molecule has 3 aromatic rings. The van der Waals surface area contributed by atoms with Crippen LogP contribution < -0.4 is 0 Å². The van der Waals surface area contributed by atoms with E-state index in [0.717, 1.165) is 29.2 Å². The van der Waals surface area contributed by atoms with E-state index in [-0.39, 0.29) is 22.1 Å². The maximum Gasteiger partial charge on any atom is 0.341 e. The number of aryl methyl sites for hydroxylation is 1. The zero-order valence-corrected chi connectivity index (χ0v) is 17.3. The van der Waals surface area contributed by atoms with Gasteiger partial charge in [-0.15, -0.1) is 0 Å². The van der Waals surface area contributed by atoms with Gasteiger partial charge in [0.2, 0.25) is 0 Å².